The highest BCUT2D eigenvalue weighted by Crippen LogP contribution is 2.23. The van der Waals surface area contributed by atoms with Gasteiger partial charge in [-0.1, -0.05) is 0 Å². The van der Waals surface area contributed by atoms with Crippen molar-refractivity contribution in [2.75, 3.05) is 5.73 Å². The minimum atomic E-state index is 0.179. The molecule has 0 aliphatic heterocycles. The summed E-state index contributed by atoms with van der Waals surface area (Å²) in [7, 11) is 1.86. The molecule has 2 heterocycles. The highest BCUT2D eigenvalue weighted by molar-refractivity contribution is 5.58. The fraction of sp³-hybridized carbons (Fsp3) is 0.250. The molecule has 0 saturated carbocycles. The molecule has 0 fully saturated rings. The van der Waals surface area contributed by atoms with Gasteiger partial charge in [0.2, 0.25) is 0 Å². The molecule has 0 atom stereocenters. The van der Waals surface area contributed by atoms with Gasteiger partial charge in [0.1, 0.15) is 0 Å². The molecule has 0 spiro atoms. The molecular weight excluding hydrogens is 168 g/mol. The van der Waals surface area contributed by atoms with E-state index < -0.39 is 0 Å². The number of hydrogen-bond donors (Lipinski definition) is 1. The molecule has 0 aliphatic rings. The maximum atomic E-state index is 5.37. The van der Waals surface area contributed by atoms with Crippen LogP contribution in [-0.4, -0.2) is 14.8 Å². The van der Waals surface area contributed by atoms with E-state index >= 15 is 0 Å². The van der Waals surface area contributed by atoms with Gasteiger partial charge in [-0.2, -0.15) is 5.10 Å². The van der Waals surface area contributed by atoms with Gasteiger partial charge in [-0.3, -0.25) is 4.68 Å². The number of aromatic nitrogens is 3. The van der Waals surface area contributed by atoms with Gasteiger partial charge >= 0.3 is 0 Å². The molecule has 2 aromatic rings. The number of aryl methyl sites for hydroxylation is 2. The van der Waals surface area contributed by atoms with Gasteiger partial charge in [0, 0.05) is 13.2 Å². The minimum Gasteiger partial charge on any atom is -0.424 e. The average Bonchev–Trinajstić information content (AvgIpc) is 2.58. The quantitative estimate of drug-likeness (QED) is 0.706. The summed E-state index contributed by atoms with van der Waals surface area (Å²) < 4.78 is 6.90. The largest absolute Gasteiger partial charge is 0.424 e. The molecule has 0 amide bonds. The van der Waals surface area contributed by atoms with Crippen molar-refractivity contribution < 1.29 is 4.42 Å². The van der Waals surface area contributed by atoms with Crippen molar-refractivity contribution >= 4 is 6.01 Å². The summed E-state index contributed by atoms with van der Waals surface area (Å²) in [6, 6.07) is 0.179. The second kappa shape index (κ2) is 2.62. The Balaban J connectivity index is 2.51. The Morgan fingerprint density at radius 1 is 1.54 bits per heavy atom. The van der Waals surface area contributed by atoms with E-state index in [0.29, 0.717) is 5.76 Å². The van der Waals surface area contributed by atoms with E-state index in [2.05, 4.69) is 10.1 Å². The van der Waals surface area contributed by atoms with Gasteiger partial charge in [0.05, 0.1) is 17.5 Å². The van der Waals surface area contributed by atoms with Crippen molar-refractivity contribution in [3.63, 3.8) is 0 Å². The SMILES string of the molecule is Cc1nn(C)cc1-c1cnc(N)o1. The Hall–Kier alpha value is -1.78. The van der Waals surface area contributed by atoms with Gasteiger partial charge in [0.15, 0.2) is 5.76 Å². The monoisotopic (exact) mass is 178 g/mol. The maximum absolute atomic E-state index is 5.37. The molecule has 0 bridgehead atoms. The number of nitrogens with two attached hydrogens (primary N) is 1. The normalized spacial score (nSPS) is 10.6. The topological polar surface area (TPSA) is 69.9 Å². The zero-order valence-corrected chi connectivity index (χ0v) is 7.48. The highest BCUT2D eigenvalue weighted by atomic mass is 16.4. The fourth-order valence-electron chi connectivity index (χ4n) is 1.25. The number of nitrogen functional groups attached to an aromatic ring is 1. The predicted molar refractivity (Wildman–Crippen MR) is 47.9 cm³/mol. The third-order valence-electron chi connectivity index (χ3n) is 1.80. The van der Waals surface area contributed by atoms with Crippen LogP contribution in [0.2, 0.25) is 0 Å². The molecule has 5 heteroatoms. The molecule has 0 aliphatic carbocycles. The summed E-state index contributed by atoms with van der Waals surface area (Å²) in [6.07, 6.45) is 3.47. The summed E-state index contributed by atoms with van der Waals surface area (Å²) in [5.41, 5.74) is 7.19. The number of rotatable bonds is 1. The molecule has 2 N–H and O–H groups in total. The van der Waals surface area contributed by atoms with Crippen LogP contribution < -0.4 is 5.73 Å². The molecule has 2 rings (SSSR count). The van der Waals surface area contributed by atoms with Crippen LogP contribution in [0.1, 0.15) is 5.69 Å². The lowest BCUT2D eigenvalue weighted by Crippen LogP contribution is -1.86. The summed E-state index contributed by atoms with van der Waals surface area (Å²) in [4.78, 5) is 3.82. The van der Waals surface area contributed by atoms with E-state index in [0.717, 1.165) is 11.3 Å². The third kappa shape index (κ3) is 1.28. The molecule has 0 radical (unpaired) electrons. The van der Waals surface area contributed by atoms with Crippen LogP contribution in [0.15, 0.2) is 16.8 Å². The second-order valence-corrected chi connectivity index (χ2v) is 2.86. The van der Waals surface area contributed by atoms with E-state index in [1.165, 1.54) is 0 Å². The van der Waals surface area contributed by atoms with Crippen molar-refractivity contribution in [3.05, 3.63) is 18.1 Å². The summed E-state index contributed by atoms with van der Waals surface area (Å²) in [5, 5.41) is 4.18. The summed E-state index contributed by atoms with van der Waals surface area (Å²) in [6.45, 7) is 1.91. The van der Waals surface area contributed by atoms with Crippen LogP contribution in [0, 0.1) is 6.92 Å². The number of nitrogens with zero attached hydrogens (tertiary/aromatic N) is 3. The Labute approximate surface area is 75.2 Å². The first-order valence-corrected chi connectivity index (χ1v) is 3.89. The van der Waals surface area contributed by atoms with Crippen molar-refractivity contribution in [3.8, 4) is 11.3 Å². The first kappa shape index (κ1) is 7.85. The lowest BCUT2D eigenvalue weighted by Gasteiger charge is -1.89. The van der Waals surface area contributed by atoms with Gasteiger partial charge in [-0.15, -0.1) is 0 Å². The van der Waals surface area contributed by atoms with E-state index in [1.54, 1.807) is 10.9 Å². The smallest absolute Gasteiger partial charge is 0.292 e. The molecule has 0 saturated heterocycles. The van der Waals surface area contributed by atoms with E-state index in [9.17, 15) is 0 Å². The van der Waals surface area contributed by atoms with Gasteiger partial charge in [0.25, 0.3) is 6.01 Å². The van der Waals surface area contributed by atoms with Crippen LogP contribution >= 0.6 is 0 Å². The fourth-order valence-corrected chi connectivity index (χ4v) is 1.25. The van der Waals surface area contributed by atoms with Crippen molar-refractivity contribution in [1.82, 2.24) is 14.8 Å². The second-order valence-electron chi connectivity index (χ2n) is 2.86. The zero-order valence-electron chi connectivity index (χ0n) is 7.48. The van der Waals surface area contributed by atoms with Gasteiger partial charge < -0.3 is 10.2 Å². The maximum Gasteiger partial charge on any atom is 0.292 e. The van der Waals surface area contributed by atoms with Gasteiger partial charge in [-0.05, 0) is 6.92 Å². The van der Waals surface area contributed by atoms with E-state index in [4.69, 9.17) is 10.2 Å². The van der Waals surface area contributed by atoms with Gasteiger partial charge in [-0.25, -0.2) is 4.98 Å². The molecule has 13 heavy (non-hydrogen) atoms. The van der Waals surface area contributed by atoms with Crippen molar-refractivity contribution in [1.29, 1.82) is 0 Å². The van der Waals surface area contributed by atoms with Crippen LogP contribution in [0.5, 0.6) is 0 Å². The average molecular weight is 178 g/mol. The molecule has 2 aromatic heterocycles. The Bertz CT molecular complexity index is 429. The third-order valence-corrected chi connectivity index (χ3v) is 1.80. The summed E-state index contributed by atoms with van der Waals surface area (Å²) in [5.74, 6) is 0.656. The highest BCUT2D eigenvalue weighted by Gasteiger charge is 2.09. The van der Waals surface area contributed by atoms with Crippen molar-refractivity contribution in [2.24, 2.45) is 7.05 Å². The number of anilines is 1. The van der Waals surface area contributed by atoms with Crippen LogP contribution in [0.4, 0.5) is 6.01 Å². The van der Waals surface area contributed by atoms with E-state index in [1.807, 2.05) is 20.2 Å². The first-order chi connectivity index (χ1) is 6.16. The molecule has 0 unspecified atom stereocenters. The Morgan fingerprint density at radius 3 is 2.77 bits per heavy atom. The number of oxazole rings is 1. The van der Waals surface area contributed by atoms with Crippen LogP contribution in [0.25, 0.3) is 11.3 Å². The molecule has 0 aromatic carbocycles. The lowest BCUT2D eigenvalue weighted by molar-refractivity contribution is 0.594. The van der Waals surface area contributed by atoms with Crippen LogP contribution in [-0.2, 0) is 7.05 Å². The standard InChI is InChI=1S/C8H10N4O/c1-5-6(4-12(2)11-5)7-3-10-8(9)13-7/h3-4H,1-2H3,(H2,9,10). The predicted octanol–water partition coefficient (Wildman–Crippen LogP) is 0.966. The minimum absolute atomic E-state index is 0.179. The first-order valence-electron chi connectivity index (χ1n) is 3.89. The van der Waals surface area contributed by atoms with E-state index in [-0.39, 0.29) is 6.01 Å². The number of hydrogen-bond acceptors (Lipinski definition) is 4. The summed E-state index contributed by atoms with van der Waals surface area (Å²) >= 11 is 0. The van der Waals surface area contributed by atoms with Crippen molar-refractivity contribution in [2.45, 2.75) is 6.92 Å². The molecule has 5 nitrogen and oxygen atoms in total. The zero-order chi connectivity index (χ0) is 9.42. The Kier molecular flexibility index (Phi) is 1.58. The lowest BCUT2D eigenvalue weighted by atomic mass is 10.2. The molecular formula is C8H10N4O. The Morgan fingerprint density at radius 2 is 2.31 bits per heavy atom. The molecule has 68 valence electrons. The van der Waals surface area contributed by atoms with Crippen LogP contribution in [0.3, 0.4) is 0 Å².